The van der Waals surface area contributed by atoms with Gasteiger partial charge in [0.15, 0.2) is 11.5 Å². The highest BCUT2D eigenvalue weighted by Gasteiger charge is 2.44. The van der Waals surface area contributed by atoms with E-state index >= 15 is 0 Å². The number of ketones is 1. The minimum atomic E-state index is -0.882. The Morgan fingerprint density at radius 3 is 2.47 bits per heavy atom. The standard InChI is InChI=1S/C27H20ClNO5/c28-19-10-8-16(9-11-19)12-13-29-24(18-5-3-6-20(30)14-18)23(26(32)27(29)33)25(31)22-15-17-4-1-2-7-21(17)34-22/h1-11,14-15,24,30,32H,12-13H2. The second-order valence-corrected chi connectivity index (χ2v) is 8.55. The van der Waals surface area contributed by atoms with Crippen LogP contribution >= 0.6 is 11.6 Å². The monoisotopic (exact) mass is 473 g/mol. The third-order valence-corrected chi connectivity index (χ3v) is 6.19. The topological polar surface area (TPSA) is 91.0 Å². The minimum Gasteiger partial charge on any atom is -0.508 e. The molecule has 0 saturated heterocycles. The second-order valence-electron chi connectivity index (χ2n) is 8.11. The van der Waals surface area contributed by atoms with E-state index in [4.69, 9.17) is 16.0 Å². The Hall–Kier alpha value is -4.03. The maximum absolute atomic E-state index is 13.5. The molecule has 6 nitrogen and oxygen atoms in total. The van der Waals surface area contributed by atoms with E-state index in [9.17, 15) is 19.8 Å². The first-order valence-electron chi connectivity index (χ1n) is 10.7. The number of phenolic OH excluding ortho intramolecular Hbond substituents is 1. The number of aromatic hydroxyl groups is 1. The van der Waals surface area contributed by atoms with E-state index in [1.54, 1.807) is 42.5 Å². The largest absolute Gasteiger partial charge is 0.508 e. The quantitative estimate of drug-likeness (QED) is 0.355. The molecule has 0 radical (unpaired) electrons. The first-order chi connectivity index (χ1) is 16.4. The van der Waals surface area contributed by atoms with E-state index in [1.807, 2.05) is 24.3 Å². The molecular weight excluding hydrogens is 454 g/mol. The van der Waals surface area contributed by atoms with Crippen LogP contribution in [-0.2, 0) is 11.2 Å². The molecule has 0 aliphatic carbocycles. The summed E-state index contributed by atoms with van der Waals surface area (Å²) >= 11 is 5.97. The number of carbonyl (C=O) groups is 2. The number of carbonyl (C=O) groups excluding carboxylic acids is 2. The minimum absolute atomic E-state index is 0.00970. The Bertz CT molecular complexity index is 1400. The summed E-state index contributed by atoms with van der Waals surface area (Å²) in [6.45, 7) is 0.238. The van der Waals surface area contributed by atoms with Gasteiger partial charge in [0, 0.05) is 17.0 Å². The molecule has 1 atom stereocenters. The number of nitrogens with zero attached hydrogens (tertiary/aromatic N) is 1. The molecule has 4 aromatic rings. The SMILES string of the molecule is O=C(C1=C(O)C(=O)N(CCc2ccc(Cl)cc2)C1c1cccc(O)c1)c1cc2ccccc2o1. The van der Waals surface area contributed by atoms with Gasteiger partial charge in [-0.25, -0.2) is 0 Å². The van der Waals surface area contributed by atoms with Gasteiger partial charge in [-0.15, -0.1) is 0 Å². The number of amides is 1. The molecule has 1 aliphatic rings. The van der Waals surface area contributed by atoms with Gasteiger partial charge in [-0.1, -0.05) is 54.1 Å². The molecule has 1 amide bonds. The van der Waals surface area contributed by atoms with Crippen molar-refractivity contribution in [1.29, 1.82) is 0 Å². The number of hydrogen-bond donors (Lipinski definition) is 2. The molecule has 5 rings (SSSR count). The zero-order chi connectivity index (χ0) is 23.8. The molecule has 1 aliphatic heterocycles. The highest BCUT2D eigenvalue weighted by molar-refractivity contribution is 6.30. The van der Waals surface area contributed by atoms with Gasteiger partial charge in [-0.3, -0.25) is 9.59 Å². The van der Waals surface area contributed by atoms with E-state index in [1.165, 1.54) is 17.0 Å². The Balaban J connectivity index is 1.53. The van der Waals surface area contributed by atoms with E-state index < -0.39 is 23.5 Å². The fourth-order valence-corrected chi connectivity index (χ4v) is 4.41. The van der Waals surface area contributed by atoms with Crippen LogP contribution in [-0.4, -0.2) is 33.3 Å². The Kier molecular flexibility index (Phi) is 5.59. The number of phenols is 1. The van der Waals surface area contributed by atoms with Crippen LogP contribution in [0, 0.1) is 0 Å². The fraction of sp³-hybridized carbons (Fsp3) is 0.111. The molecule has 1 aromatic heterocycles. The molecule has 1 unspecified atom stereocenters. The zero-order valence-electron chi connectivity index (χ0n) is 17.9. The lowest BCUT2D eigenvalue weighted by Crippen LogP contribution is -2.33. The summed E-state index contributed by atoms with van der Waals surface area (Å²) in [5, 5.41) is 22.2. The van der Waals surface area contributed by atoms with Gasteiger partial charge in [-0.05, 0) is 53.9 Å². The normalized spacial score (nSPS) is 16.0. The van der Waals surface area contributed by atoms with Crippen molar-refractivity contribution in [2.24, 2.45) is 0 Å². The van der Waals surface area contributed by atoms with Gasteiger partial charge < -0.3 is 19.5 Å². The molecular formula is C27H20ClNO5. The first kappa shape index (κ1) is 21.8. The van der Waals surface area contributed by atoms with Crippen LogP contribution < -0.4 is 0 Å². The number of benzene rings is 3. The molecule has 0 bridgehead atoms. The predicted octanol–water partition coefficient (Wildman–Crippen LogP) is 5.61. The number of aliphatic hydroxyl groups excluding tert-OH is 1. The molecule has 2 heterocycles. The third-order valence-electron chi connectivity index (χ3n) is 5.94. The highest BCUT2D eigenvalue weighted by atomic mass is 35.5. The molecule has 7 heteroatoms. The molecule has 0 spiro atoms. The molecule has 34 heavy (non-hydrogen) atoms. The van der Waals surface area contributed by atoms with Gasteiger partial charge in [-0.2, -0.15) is 0 Å². The van der Waals surface area contributed by atoms with Gasteiger partial charge >= 0.3 is 0 Å². The van der Waals surface area contributed by atoms with E-state index in [-0.39, 0.29) is 23.6 Å². The Morgan fingerprint density at radius 1 is 0.971 bits per heavy atom. The average molecular weight is 474 g/mol. The van der Waals surface area contributed by atoms with Gasteiger partial charge in [0.1, 0.15) is 11.3 Å². The number of fused-ring (bicyclic) bond motifs is 1. The number of Topliss-reactive ketones (excluding diaryl/α,β-unsaturated/α-hetero) is 1. The average Bonchev–Trinajstić information content (AvgIpc) is 3.38. The number of furan rings is 1. The van der Waals surface area contributed by atoms with Crippen molar-refractivity contribution >= 4 is 34.3 Å². The van der Waals surface area contributed by atoms with Gasteiger partial charge in [0.2, 0.25) is 5.78 Å². The zero-order valence-corrected chi connectivity index (χ0v) is 18.7. The molecule has 0 fully saturated rings. The number of rotatable bonds is 6. The molecule has 0 saturated carbocycles. The van der Waals surface area contributed by atoms with Crippen molar-refractivity contribution in [2.75, 3.05) is 6.54 Å². The van der Waals surface area contributed by atoms with Crippen LogP contribution in [0.3, 0.4) is 0 Å². The van der Waals surface area contributed by atoms with Crippen molar-refractivity contribution < 1.29 is 24.2 Å². The lowest BCUT2D eigenvalue weighted by molar-refractivity contribution is -0.129. The van der Waals surface area contributed by atoms with Crippen molar-refractivity contribution in [2.45, 2.75) is 12.5 Å². The van der Waals surface area contributed by atoms with E-state index in [0.717, 1.165) is 10.9 Å². The van der Waals surface area contributed by atoms with E-state index in [2.05, 4.69) is 0 Å². The number of para-hydroxylation sites is 1. The summed E-state index contributed by atoms with van der Waals surface area (Å²) in [5.41, 5.74) is 1.91. The van der Waals surface area contributed by atoms with Crippen LogP contribution in [0.2, 0.25) is 5.02 Å². The van der Waals surface area contributed by atoms with Gasteiger partial charge in [0.05, 0.1) is 11.6 Å². The summed E-state index contributed by atoms with van der Waals surface area (Å²) in [4.78, 5) is 28.1. The number of hydrogen-bond acceptors (Lipinski definition) is 5. The van der Waals surface area contributed by atoms with Crippen LogP contribution in [0.15, 0.2) is 94.6 Å². The maximum Gasteiger partial charge on any atom is 0.290 e. The van der Waals surface area contributed by atoms with Crippen LogP contribution in [0.5, 0.6) is 5.75 Å². The lowest BCUT2D eigenvalue weighted by Gasteiger charge is -2.27. The van der Waals surface area contributed by atoms with Crippen molar-refractivity contribution in [3.05, 3.63) is 112 Å². The lowest BCUT2D eigenvalue weighted by atomic mass is 9.94. The highest BCUT2D eigenvalue weighted by Crippen LogP contribution is 2.40. The second kappa shape index (κ2) is 8.72. The summed E-state index contributed by atoms with van der Waals surface area (Å²) in [5.74, 6) is -1.83. The molecule has 2 N–H and O–H groups in total. The summed E-state index contributed by atoms with van der Waals surface area (Å²) < 4.78 is 5.72. The van der Waals surface area contributed by atoms with Crippen molar-refractivity contribution in [3.8, 4) is 5.75 Å². The molecule has 3 aromatic carbocycles. The number of aliphatic hydroxyl groups is 1. The molecule has 170 valence electrons. The maximum atomic E-state index is 13.5. The van der Waals surface area contributed by atoms with Gasteiger partial charge in [0.25, 0.3) is 5.91 Å². The summed E-state index contributed by atoms with van der Waals surface area (Å²) in [6.07, 6.45) is 0.484. The van der Waals surface area contributed by atoms with Crippen LogP contribution in [0.1, 0.15) is 27.7 Å². The van der Waals surface area contributed by atoms with Crippen molar-refractivity contribution in [3.63, 3.8) is 0 Å². The predicted molar refractivity (Wildman–Crippen MR) is 128 cm³/mol. The van der Waals surface area contributed by atoms with Crippen molar-refractivity contribution in [1.82, 2.24) is 4.90 Å². The summed E-state index contributed by atoms with van der Waals surface area (Å²) in [7, 11) is 0. The smallest absolute Gasteiger partial charge is 0.290 e. The fourth-order valence-electron chi connectivity index (χ4n) is 4.28. The first-order valence-corrected chi connectivity index (χ1v) is 11.1. The third kappa shape index (κ3) is 3.93. The van der Waals surface area contributed by atoms with E-state index in [0.29, 0.717) is 22.6 Å². The Labute approximate surface area is 200 Å². The van der Waals surface area contributed by atoms with Crippen LogP contribution in [0.25, 0.3) is 11.0 Å². The number of halogens is 1. The van der Waals surface area contributed by atoms with Crippen LogP contribution in [0.4, 0.5) is 0 Å². The summed E-state index contributed by atoms with van der Waals surface area (Å²) in [6, 6.07) is 21.5. The Morgan fingerprint density at radius 2 is 1.74 bits per heavy atom.